The van der Waals surface area contributed by atoms with Gasteiger partial charge in [-0.15, -0.1) is 0 Å². The lowest BCUT2D eigenvalue weighted by Gasteiger charge is -2.31. The molecule has 2 fully saturated rings. The second-order valence-electron chi connectivity index (χ2n) is 7.30. The third-order valence-corrected chi connectivity index (χ3v) is 5.00. The molecule has 0 spiro atoms. The molecular weight excluding hydrogens is 435 g/mol. The number of rotatable bonds is 4. The number of ether oxygens (including phenoxy) is 2. The monoisotopic (exact) mass is 457 g/mol. The Balaban J connectivity index is 0.000000360. The van der Waals surface area contributed by atoms with Gasteiger partial charge >= 0.3 is 12.1 Å². The molecule has 2 aromatic rings. The van der Waals surface area contributed by atoms with E-state index in [9.17, 15) is 18.0 Å². The molecule has 2 aliphatic rings. The second-order valence-corrected chi connectivity index (χ2v) is 7.30. The fourth-order valence-corrected chi connectivity index (χ4v) is 3.58. The number of carbonyl (C=O) groups is 2. The molecular formula is C20H22F3N3O6. The Bertz CT molecular complexity index is 921. The lowest BCUT2D eigenvalue weighted by atomic mass is 10.0. The molecule has 2 aromatic heterocycles. The number of hydrogen-bond donors (Lipinski definition) is 1. The van der Waals surface area contributed by atoms with Gasteiger partial charge < -0.3 is 24.0 Å². The summed E-state index contributed by atoms with van der Waals surface area (Å²) in [7, 11) is 0. The zero-order valence-electron chi connectivity index (χ0n) is 17.1. The maximum absolute atomic E-state index is 12.8. The first-order valence-electron chi connectivity index (χ1n) is 9.84. The third kappa shape index (κ3) is 5.82. The van der Waals surface area contributed by atoms with Gasteiger partial charge in [0, 0.05) is 18.9 Å². The van der Waals surface area contributed by atoms with Gasteiger partial charge in [0.2, 0.25) is 0 Å². The summed E-state index contributed by atoms with van der Waals surface area (Å²) in [4.78, 5) is 27.8. The van der Waals surface area contributed by atoms with Gasteiger partial charge in [-0.05, 0) is 31.9 Å². The molecule has 0 aliphatic carbocycles. The number of carbonyl (C=O) groups excluding carboxylic acids is 1. The number of likely N-dealkylation sites (tertiary alicyclic amines) is 1. The molecule has 32 heavy (non-hydrogen) atoms. The molecule has 4 rings (SSSR count). The maximum Gasteiger partial charge on any atom is 0.490 e. The van der Waals surface area contributed by atoms with E-state index >= 15 is 0 Å². The minimum atomic E-state index is -5.08. The Labute approximate surface area is 181 Å². The number of hydrogen-bond acceptors (Lipinski definition) is 7. The molecule has 4 heterocycles. The first-order valence-corrected chi connectivity index (χ1v) is 9.84. The molecule has 0 saturated carbocycles. The van der Waals surface area contributed by atoms with Crippen LogP contribution in [0.4, 0.5) is 13.2 Å². The number of alkyl halides is 3. The molecule has 12 heteroatoms. The van der Waals surface area contributed by atoms with Crippen molar-refractivity contribution in [1.82, 2.24) is 15.0 Å². The van der Waals surface area contributed by atoms with Crippen molar-refractivity contribution in [1.29, 1.82) is 0 Å². The minimum absolute atomic E-state index is 0.0204. The van der Waals surface area contributed by atoms with Gasteiger partial charge in [0.1, 0.15) is 18.0 Å². The van der Waals surface area contributed by atoms with E-state index in [1.807, 2.05) is 23.1 Å². The number of fused-ring (bicyclic) bond motifs is 1. The molecule has 2 aliphatic heterocycles. The molecule has 2 saturated heterocycles. The highest BCUT2D eigenvalue weighted by Gasteiger charge is 2.47. The fraction of sp³-hybridized carbons (Fsp3) is 0.500. The van der Waals surface area contributed by atoms with Crippen LogP contribution in [0.2, 0.25) is 0 Å². The van der Waals surface area contributed by atoms with E-state index in [1.54, 1.807) is 19.2 Å². The average Bonchev–Trinajstić information content (AvgIpc) is 3.36. The Morgan fingerprint density at radius 3 is 2.69 bits per heavy atom. The van der Waals surface area contributed by atoms with Crippen molar-refractivity contribution < 1.29 is 41.9 Å². The highest BCUT2D eigenvalue weighted by atomic mass is 19.4. The Hall–Kier alpha value is -2.99. The van der Waals surface area contributed by atoms with E-state index in [4.69, 9.17) is 23.9 Å². The topological polar surface area (TPSA) is 115 Å². The molecule has 0 aromatic carbocycles. The first kappa shape index (κ1) is 23.7. The van der Waals surface area contributed by atoms with Crippen LogP contribution in [0, 0.1) is 6.92 Å². The fourth-order valence-electron chi connectivity index (χ4n) is 3.58. The summed E-state index contributed by atoms with van der Waals surface area (Å²) in [6.45, 7) is 3.38. The number of aliphatic carboxylic acids is 1. The van der Waals surface area contributed by atoms with Gasteiger partial charge in [0.15, 0.2) is 5.69 Å². The third-order valence-electron chi connectivity index (χ3n) is 5.00. The maximum atomic E-state index is 12.8. The van der Waals surface area contributed by atoms with Gasteiger partial charge in [-0.2, -0.15) is 13.2 Å². The summed E-state index contributed by atoms with van der Waals surface area (Å²) in [6.07, 6.45) is -1.75. The van der Waals surface area contributed by atoms with Crippen LogP contribution in [0.3, 0.4) is 0 Å². The predicted molar refractivity (Wildman–Crippen MR) is 102 cm³/mol. The van der Waals surface area contributed by atoms with E-state index in [1.165, 1.54) is 0 Å². The molecule has 1 N–H and O–H groups in total. The van der Waals surface area contributed by atoms with E-state index in [0.717, 1.165) is 18.5 Å². The second kappa shape index (κ2) is 10.1. The van der Waals surface area contributed by atoms with Crippen LogP contribution >= 0.6 is 0 Å². The van der Waals surface area contributed by atoms with Crippen LogP contribution in [-0.2, 0) is 20.9 Å². The summed E-state index contributed by atoms with van der Waals surface area (Å²) in [6, 6.07) is 7.42. The highest BCUT2D eigenvalue weighted by Crippen LogP contribution is 2.32. The standard InChI is InChI=1S/C18H21N3O4.C2HF3O2/c1-12-9-14(20-25-12)18(22)21-10-16(17-15(21)6-4-8-23-17)24-11-13-5-2-3-7-19-13;3-2(4,5)1(6)7/h2-3,5,7,9,15-17H,4,6,8,10-11H2,1H3;(H,6,7)/t15-,16+,17+;/m1./s1. The number of aryl methyl sites for hydroxylation is 1. The minimum Gasteiger partial charge on any atom is -0.475 e. The van der Waals surface area contributed by atoms with Crippen LogP contribution in [0.1, 0.15) is 34.8 Å². The summed E-state index contributed by atoms with van der Waals surface area (Å²) >= 11 is 0. The molecule has 174 valence electrons. The van der Waals surface area contributed by atoms with Gasteiger partial charge in [-0.25, -0.2) is 4.79 Å². The zero-order valence-corrected chi connectivity index (χ0v) is 17.1. The number of amides is 1. The molecule has 0 bridgehead atoms. The quantitative estimate of drug-likeness (QED) is 0.745. The zero-order chi connectivity index (χ0) is 23.3. The number of nitrogens with zero attached hydrogens (tertiary/aromatic N) is 3. The van der Waals surface area contributed by atoms with Gasteiger partial charge in [-0.3, -0.25) is 9.78 Å². The first-order chi connectivity index (χ1) is 15.2. The Kier molecular flexibility index (Phi) is 7.46. The number of carboxylic acid groups (broad SMARTS) is 1. The van der Waals surface area contributed by atoms with E-state index in [0.29, 0.717) is 31.2 Å². The number of pyridine rings is 1. The van der Waals surface area contributed by atoms with Crippen molar-refractivity contribution in [3.63, 3.8) is 0 Å². The van der Waals surface area contributed by atoms with Crippen LogP contribution in [0.25, 0.3) is 0 Å². The van der Waals surface area contributed by atoms with Gasteiger partial charge in [0.25, 0.3) is 5.91 Å². The average molecular weight is 457 g/mol. The summed E-state index contributed by atoms with van der Waals surface area (Å²) < 4.78 is 48.8. The van der Waals surface area contributed by atoms with Crippen molar-refractivity contribution in [2.24, 2.45) is 0 Å². The van der Waals surface area contributed by atoms with E-state index in [2.05, 4.69) is 10.1 Å². The largest absolute Gasteiger partial charge is 0.490 e. The van der Waals surface area contributed by atoms with Crippen molar-refractivity contribution in [2.45, 2.75) is 50.8 Å². The van der Waals surface area contributed by atoms with E-state index in [-0.39, 0.29) is 24.2 Å². The lowest BCUT2D eigenvalue weighted by molar-refractivity contribution is -0.192. The van der Waals surface area contributed by atoms with Crippen molar-refractivity contribution in [2.75, 3.05) is 13.2 Å². The smallest absolute Gasteiger partial charge is 0.475 e. The van der Waals surface area contributed by atoms with E-state index < -0.39 is 12.1 Å². The molecule has 9 nitrogen and oxygen atoms in total. The lowest BCUT2D eigenvalue weighted by Crippen LogP contribution is -2.44. The van der Waals surface area contributed by atoms with Crippen molar-refractivity contribution in [3.05, 3.63) is 47.6 Å². The number of carboxylic acids is 1. The Morgan fingerprint density at radius 1 is 1.34 bits per heavy atom. The molecule has 3 atom stereocenters. The molecule has 0 unspecified atom stereocenters. The number of aromatic nitrogens is 2. The Morgan fingerprint density at radius 2 is 2.09 bits per heavy atom. The highest BCUT2D eigenvalue weighted by molar-refractivity contribution is 5.92. The van der Waals surface area contributed by atoms with Crippen LogP contribution in [0.5, 0.6) is 0 Å². The number of halogens is 3. The van der Waals surface area contributed by atoms with Crippen molar-refractivity contribution in [3.8, 4) is 0 Å². The van der Waals surface area contributed by atoms with Gasteiger partial charge in [-0.1, -0.05) is 11.2 Å². The summed E-state index contributed by atoms with van der Waals surface area (Å²) in [5.74, 6) is -2.25. The SMILES string of the molecule is Cc1cc(C(=O)N2C[C@H](OCc3ccccn3)[C@H]3OCCC[C@H]32)no1.O=C(O)C(F)(F)F. The predicted octanol–water partition coefficient (Wildman–Crippen LogP) is 2.60. The van der Waals surface area contributed by atoms with Crippen LogP contribution in [-0.4, -0.2) is 69.6 Å². The molecule has 1 amide bonds. The normalized spacial score (nSPS) is 22.6. The van der Waals surface area contributed by atoms with Crippen LogP contribution < -0.4 is 0 Å². The summed E-state index contributed by atoms with van der Waals surface area (Å²) in [5.41, 5.74) is 1.21. The van der Waals surface area contributed by atoms with Crippen LogP contribution in [0.15, 0.2) is 35.0 Å². The van der Waals surface area contributed by atoms with Crippen molar-refractivity contribution >= 4 is 11.9 Å². The summed E-state index contributed by atoms with van der Waals surface area (Å²) in [5, 5.41) is 11.0. The molecule has 0 radical (unpaired) electrons. The van der Waals surface area contributed by atoms with Gasteiger partial charge in [0.05, 0.1) is 24.9 Å².